The number of thiazole rings is 1. The molecule has 0 unspecified atom stereocenters. The summed E-state index contributed by atoms with van der Waals surface area (Å²) in [6.07, 6.45) is 2.43. The van der Waals surface area contributed by atoms with E-state index in [2.05, 4.69) is 32.8 Å². The standard InChI is InChI=1S/C16H15N3OS2/c1-11-19-14(10-21-11)15-6-5-12(22-15)7-9-18-16(20)13-4-2-3-8-17-13/h2-6,8,10H,7,9H2,1H3,(H,18,20). The number of hydrogen-bond donors (Lipinski definition) is 1. The summed E-state index contributed by atoms with van der Waals surface area (Å²) in [5, 5.41) is 6.05. The highest BCUT2D eigenvalue weighted by molar-refractivity contribution is 7.16. The zero-order valence-corrected chi connectivity index (χ0v) is 13.7. The molecule has 0 atom stereocenters. The Bertz CT molecular complexity index is 765. The first-order valence-electron chi connectivity index (χ1n) is 6.93. The highest BCUT2D eigenvalue weighted by Crippen LogP contribution is 2.29. The van der Waals surface area contributed by atoms with Gasteiger partial charge in [-0.15, -0.1) is 22.7 Å². The minimum absolute atomic E-state index is 0.132. The molecule has 0 fully saturated rings. The van der Waals surface area contributed by atoms with Crippen molar-refractivity contribution in [1.29, 1.82) is 0 Å². The Balaban J connectivity index is 1.54. The van der Waals surface area contributed by atoms with Gasteiger partial charge in [-0.2, -0.15) is 0 Å². The van der Waals surface area contributed by atoms with E-state index >= 15 is 0 Å². The maximum atomic E-state index is 11.9. The third kappa shape index (κ3) is 3.58. The molecule has 0 spiro atoms. The van der Waals surface area contributed by atoms with Crippen LogP contribution in [0.25, 0.3) is 10.6 Å². The summed E-state index contributed by atoms with van der Waals surface area (Å²) in [4.78, 5) is 22.8. The number of pyridine rings is 1. The van der Waals surface area contributed by atoms with E-state index in [-0.39, 0.29) is 5.91 Å². The van der Waals surface area contributed by atoms with Crippen molar-refractivity contribution in [1.82, 2.24) is 15.3 Å². The maximum absolute atomic E-state index is 11.9. The number of carbonyl (C=O) groups excluding carboxylic acids is 1. The number of aromatic nitrogens is 2. The Labute approximate surface area is 136 Å². The van der Waals surface area contributed by atoms with Crippen LogP contribution < -0.4 is 5.32 Å². The second-order valence-corrected chi connectivity index (χ2v) is 6.97. The molecule has 112 valence electrons. The van der Waals surface area contributed by atoms with Crippen molar-refractivity contribution in [3.8, 4) is 10.6 Å². The molecular formula is C16H15N3OS2. The molecule has 22 heavy (non-hydrogen) atoms. The highest BCUT2D eigenvalue weighted by atomic mass is 32.1. The molecule has 4 nitrogen and oxygen atoms in total. The molecule has 3 rings (SSSR count). The minimum Gasteiger partial charge on any atom is -0.350 e. The van der Waals surface area contributed by atoms with Crippen molar-refractivity contribution in [2.75, 3.05) is 6.54 Å². The van der Waals surface area contributed by atoms with Crippen LogP contribution in [0.4, 0.5) is 0 Å². The first-order chi connectivity index (χ1) is 10.7. The van der Waals surface area contributed by atoms with Crippen LogP contribution in [-0.2, 0) is 6.42 Å². The molecule has 1 N–H and O–H groups in total. The third-order valence-corrected chi connectivity index (χ3v) is 5.03. The lowest BCUT2D eigenvalue weighted by molar-refractivity contribution is 0.0949. The number of rotatable bonds is 5. The number of hydrogen-bond acceptors (Lipinski definition) is 5. The number of amides is 1. The summed E-state index contributed by atoms with van der Waals surface area (Å²) in [6.45, 7) is 2.61. The molecule has 3 heterocycles. The lowest BCUT2D eigenvalue weighted by Gasteiger charge is -2.03. The van der Waals surface area contributed by atoms with Gasteiger partial charge in [0.15, 0.2) is 0 Å². The Kier molecular flexibility index (Phi) is 4.60. The Morgan fingerprint density at radius 3 is 2.91 bits per heavy atom. The molecule has 0 bridgehead atoms. The molecule has 0 aliphatic heterocycles. The second kappa shape index (κ2) is 6.81. The van der Waals surface area contributed by atoms with E-state index in [1.54, 1.807) is 41.0 Å². The van der Waals surface area contributed by atoms with Gasteiger partial charge in [-0.25, -0.2) is 4.98 Å². The molecular weight excluding hydrogens is 314 g/mol. The van der Waals surface area contributed by atoms with E-state index < -0.39 is 0 Å². The van der Waals surface area contributed by atoms with Gasteiger partial charge in [0.2, 0.25) is 0 Å². The number of aryl methyl sites for hydroxylation is 1. The fraction of sp³-hybridized carbons (Fsp3) is 0.188. The quantitative estimate of drug-likeness (QED) is 0.779. The van der Waals surface area contributed by atoms with Gasteiger partial charge in [0, 0.05) is 23.0 Å². The Morgan fingerprint density at radius 1 is 1.27 bits per heavy atom. The molecule has 6 heteroatoms. The minimum atomic E-state index is -0.132. The monoisotopic (exact) mass is 329 g/mol. The molecule has 0 aliphatic rings. The summed E-state index contributed by atoms with van der Waals surface area (Å²) in [5.41, 5.74) is 1.49. The Hall–Kier alpha value is -2.05. The lowest BCUT2D eigenvalue weighted by atomic mass is 10.3. The van der Waals surface area contributed by atoms with Crippen LogP contribution in [0.5, 0.6) is 0 Å². The molecule has 0 aromatic carbocycles. The molecule has 3 aromatic heterocycles. The average Bonchev–Trinajstić information content (AvgIpc) is 3.17. The molecule has 0 saturated heterocycles. The topological polar surface area (TPSA) is 54.9 Å². The summed E-state index contributed by atoms with van der Waals surface area (Å²) in [6, 6.07) is 9.51. The van der Waals surface area contributed by atoms with Crippen LogP contribution in [0.3, 0.4) is 0 Å². The molecule has 3 aromatic rings. The van der Waals surface area contributed by atoms with Crippen LogP contribution in [-0.4, -0.2) is 22.4 Å². The number of nitrogens with one attached hydrogen (secondary N) is 1. The van der Waals surface area contributed by atoms with Crippen LogP contribution in [0, 0.1) is 6.92 Å². The number of carbonyl (C=O) groups is 1. The van der Waals surface area contributed by atoms with Gasteiger partial charge in [-0.1, -0.05) is 6.07 Å². The largest absolute Gasteiger partial charge is 0.350 e. The first kappa shape index (κ1) is 14.9. The van der Waals surface area contributed by atoms with Crippen LogP contribution in [0.1, 0.15) is 20.4 Å². The van der Waals surface area contributed by atoms with E-state index in [9.17, 15) is 4.79 Å². The summed E-state index contributed by atoms with van der Waals surface area (Å²) >= 11 is 3.38. The second-order valence-electron chi connectivity index (χ2n) is 4.74. The van der Waals surface area contributed by atoms with Crippen LogP contribution >= 0.6 is 22.7 Å². The van der Waals surface area contributed by atoms with Gasteiger partial charge in [-0.3, -0.25) is 9.78 Å². The van der Waals surface area contributed by atoms with Crippen molar-refractivity contribution in [2.45, 2.75) is 13.3 Å². The smallest absolute Gasteiger partial charge is 0.269 e. The fourth-order valence-electron chi connectivity index (χ4n) is 2.01. The first-order valence-corrected chi connectivity index (χ1v) is 8.62. The summed E-state index contributed by atoms with van der Waals surface area (Å²) < 4.78 is 0. The lowest BCUT2D eigenvalue weighted by Crippen LogP contribution is -2.26. The van der Waals surface area contributed by atoms with E-state index in [4.69, 9.17) is 0 Å². The van der Waals surface area contributed by atoms with Gasteiger partial charge < -0.3 is 5.32 Å². The average molecular weight is 329 g/mol. The van der Waals surface area contributed by atoms with Crippen molar-refractivity contribution >= 4 is 28.6 Å². The predicted octanol–water partition coefficient (Wildman–Crippen LogP) is 3.55. The SMILES string of the molecule is Cc1nc(-c2ccc(CCNC(=O)c3ccccn3)s2)cs1. The molecule has 1 amide bonds. The van der Waals surface area contributed by atoms with Crippen molar-refractivity contribution < 1.29 is 4.79 Å². The Morgan fingerprint density at radius 2 is 2.18 bits per heavy atom. The van der Waals surface area contributed by atoms with Gasteiger partial charge in [0.25, 0.3) is 5.91 Å². The number of thiophene rings is 1. The van der Waals surface area contributed by atoms with Crippen molar-refractivity contribution in [3.63, 3.8) is 0 Å². The van der Waals surface area contributed by atoms with Crippen LogP contribution in [0.2, 0.25) is 0 Å². The fourth-order valence-corrected chi connectivity index (χ4v) is 3.67. The molecule has 0 radical (unpaired) electrons. The van der Waals surface area contributed by atoms with E-state index in [0.29, 0.717) is 12.2 Å². The molecule has 0 saturated carbocycles. The third-order valence-electron chi connectivity index (χ3n) is 3.09. The van der Waals surface area contributed by atoms with Gasteiger partial charge >= 0.3 is 0 Å². The van der Waals surface area contributed by atoms with Crippen molar-refractivity contribution in [2.24, 2.45) is 0 Å². The van der Waals surface area contributed by atoms with Gasteiger partial charge in [0.1, 0.15) is 5.69 Å². The highest BCUT2D eigenvalue weighted by Gasteiger charge is 2.08. The summed E-state index contributed by atoms with van der Waals surface area (Å²) in [5.74, 6) is -0.132. The molecule has 0 aliphatic carbocycles. The van der Waals surface area contributed by atoms with Gasteiger partial charge in [-0.05, 0) is 37.6 Å². The maximum Gasteiger partial charge on any atom is 0.269 e. The number of nitrogens with zero attached hydrogens (tertiary/aromatic N) is 2. The van der Waals surface area contributed by atoms with E-state index in [1.165, 1.54) is 9.75 Å². The van der Waals surface area contributed by atoms with Gasteiger partial charge in [0.05, 0.1) is 15.6 Å². The summed E-state index contributed by atoms with van der Waals surface area (Å²) in [7, 11) is 0. The van der Waals surface area contributed by atoms with Crippen molar-refractivity contribution in [3.05, 3.63) is 57.5 Å². The van der Waals surface area contributed by atoms with Crippen LogP contribution in [0.15, 0.2) is 41.9 Å². The van der Waals surface area contributed by atoms with E-state index in [1.807, 2.05) is 13.0 Å². The van der Waals surface area contributed by atoms with E-state index in [0.717, 1.165) is 17.1 Å². The predicted molar refractivity (Wildman–Crippen MR) is 90.4 cm³/mol. The zero-order valence-electron chi connectivity index (χ0n) is 12.1. The zero-order chi connectivity index (χ0) is 15.4. The normalized spacial score (nSPS) is 10.6.